The average molecular weight is 1160 g/mol. The van der Waals surface area contributed by atoms with E-state index >= 15 is 0 Å². The molecule has 4 saturated carbocycles. The van der Waals surface area contributed by atoms with Gasteiger partial charge in [-0.05, 0) is 173 Å². The van der Waals surface area contributed by atoms with Gasteiger partial charge >= 0.3 is 47.8 Å². The highest BCUT2D eigenvalue weighted by molar-refractivity contribution is 8.24. The van der Waals surface area contributed by atoms with Crippen molar-refractivity contribution >= 4 is 77.1 Å². The number of hydrogen-bond donors (Lipinski definition) is 0. The van der Waals surface area contributed by atoms with E-state index in [1.54, 1.807) is 6.92 Å². The summed E-state index contributed by atoms with van der Waals surface area (Å²) in [5.74, 6) is -5.33. The Morgan fingerprint density at radius 3 is 1.30 bits per heavy atom. The van der Waals surface area contributed by atoms with Crippen molar-refractivity contribution in [3.63, 3.8) is 0 Å². The summed E-state index contributed by atoms with van der Waals surface area (Å²) in [7, 11) is 0. The number of ketones is 1. The highest BCUT2D eigenvalue weighted by Gasteiger charge is 2.39. The number of hydrogen-bond acceptors (Lipinski definition) is 20. The Morgan fingerprint density at radius 1 is 0.506 bits per heavy atom. The molecule has 0 saturated heterocycles. The van der Waals surface area contributed by atoms with Gasteiger partial charge in [-0.15, -0.1) is 0 Å². The van der Waals surface area contributed by atoms with Gasteiger partial charge in [0.25, 0.3) is 5.70 Å². The number of benzene rings is 1. The summed E-state index contributed by atoms with van der Waals surface area (Å²) in [5.41, 5.74) is -0.257. The van der Waals surface area contributed by atoms with E-state index in [1.165, 1.54) is 18.2 Å². The number of carbonyl (C=O) groups is 9. The van der Waals surface area contributed by atoms with Gasteiger partial charge in [-0.3, -0.25) is 38.4 Å². The second-order valence-corrected chi connectivity index (χ2v) is 23.4. The molecule has 1 aromatic carbocycles. The van der Waals surface area contributed by atoms with E-state index in [1.807, 2.05) is 0 Å². The first kappa shape index (κ1) is 64.2. The number of thioether (sulfide) groups is 2. The summed E-state index contributed by atoms with van der Waals surface area (Å²) >= 11 is 2.10. The molecule has 1 aromatic rings. The summed E-state index contributed by atoms with van der Waals surface area (Å²) in [5, 5.41) is 0. The normalized spacial score (nSPS) is 23.9. The van der Waals surface area contributed by atoms with E-state index in [-0.39, 0.29) is 100 Å². The minimum atomic E-state index is -0.813. The van der Waals surface area contributed by atoms with Crippen LogP contribution in [0.15, 0.2) is 57.2 Å². The zero-order valence-corrected chi connectivity index (χ0v) is 48.1. The highest BCUT2D eigenvalue weighted by Crippen LogP contribution is 2.59. The molecule has 0 N–H and O–H groups in total. The van der Waals surface area contributed by atoms with Crippen LogP contribution in [0.25, 0.3) is 4.85 Å². The lowest BCUT2D eigenvalue weighted by Crippen LogP contribution is -2.33. The van der Waals surface area contributed by atoms with Crippen molar-refractivity contribution in [3.8, 4) is 11.5 Å². The zero-order chi connectivity index (χ0) is 58.1. The van der Waals surface area contributed by atoms with Crippen molar-refractivity contribution in [2.45, 2.75) is 177 Å². The van der Waals surface area contributed by atoms with E-state index < -0.39 is 35.7 Å². The molecule has 21 heteroatoms. The van der Waals surface area contributed by atoms with Crippen LogP contribution in [-0.4, -0.2) is 105 Å². The van der Waals surface area contributed by atoms with Gasteiger partial charge in [-0.25, -0.2) is 9.64 Å². The average Bonchev–Trinajstić information content (AvgIpc) is 4.19. The maximum Gasteiger partial charge on any atom is 0.338 e. The number of fused-ring (bicyclic) bond motifs is 1. The van der Waals surface area contributed by atoms with Gasteiger partial charge in [0.05, 0.1) is 82.5 Å². The fraction of sp³-hybridized carbons (Fsp3) is 0.633. The molecular formula is C60H77NO18S2. The van der Waals surface area contributed by atoms with Crippen LogP contribution >= 0.6 is 23.5 Å². The Balaban J connectivity index is 0.919. The van der Waals surface area contributed by atoms with E-state index in [9.17, 15) is 43.2 Å². The van der Waals surface area contributed by atoms with Crippen LogP contribution in [0.2, 0.25) is 0 Å². The fourth-order valence-corrected chi connectivity index (χ4v) is 13.1. The Morgan fingerprint density at radius 2 is 0.889 bits per heavy atom. The number of rotatable bonds is 29. The summed E-state index contributed by atoms with van der Waals surface area (Å²) in [6.07, 6.45) is 14.7. The Bertz CT molecular complexity index is 2320. The van der Waals surface area contributed by atoms with E-state index in [0.717, 1.165) is 61.7 Å². The molecule has 4 fully saturated rings. The lowest BCUT2D eigenvalue weighted by molar-refractivity contribution is -0.161. The number of nitrogens with zero attached hydrogens (tertiary/aromatic N) is 1. The minimum absolute atomic E-state index is 0.0145. The summed E-state index contributed by atoms with van der Waals surface area (Å²) < 4.78 is 50.6. The molecule has 1 heterocycles. The molecule has 0 radical (unpaired) electrons. The van der Waals surface area contributed by atoms with Gasteiger partial charge < -0.3 is 42.6 Å². The first-order valence-electron chi connectivity index (χ1n) is 28.7. The van der Waals surface area contributed by atoms with Crippen molar-refractivity contribution in [1.82, 2.24) is 0 Å². The second-order valence-electron chi connectivity index (χ2n) is 21.1. The minimum Gasteiger partial charge on any atom is -0.471 e. The standard InChI is InChI=1S/C60H77NO18S2/c1-5-44(62)37-71-33-11-10-14-36-75-54(65)39-17-21-41(22-18-39)56(67)77-46-29-25-43(26-30-46)58(69)79-48-32-31-47(51-52(48)81-60(80-51)50(61-4)59(70)72-7-3)78-57(68)42-23-27-45(28-24-42)76-55(66)40-19-15-38(16-20-40)53(64)74-35-13-9-8-12-34-73-49(63)6-2/h5-6,31-32,38-43,45-46H,1-2,7-30,33-37H2,3H3/b60-50+. The van der Waals surface area contributed by atoms with E-state index in [4.69, 9.17) is 49.2 Å². The van der Waals surface area contributed by atoms with Gasteiger partial charge in [0, 0.05) is 12.7 Å². The monoisotopic (exact) mass is 1160 g/mol. The smallest absolute Gasteiger partial charge is 0.338 e. The predicted molar refractivity (Wildman–Crippen MR) is 296 cm³/mol. The molecule has 0 aromatic heterocycles. The molecule has 0 bridgehead atoms. The van der Waals surface area contributed by atoms with Crippen LogP contribution in [0.5, 0.6) is 11.5 Å². The van der Waals surface area contributed by atoms with Gasteiger partial charge in [-0.2, -0.15) is 0 Å². The summed E-state index contributed by atoms with van der Waals surface area (Å²) in [6, 6.07) is 3.06. The van der Waals surface area contributed by atoms with Crippen molar-refractivity contribution in [1.29, 1.82) is 0 Å². The van der Waals surface area contributed by atoms with Gasteiger partial charge in [-0.1, -0.05) is 36.7 Å². The van der Waals surface area contributed by atoms with Crippen molar-refractivity contribution in [2.75, 3.05) is 39.6 Å². The molecule has 0 unspecified atom stereocenters. The van der Waals surface area contributed by atoms with Crippen LogP contribution < -0.4 is 9.47 Å². The van der Waals surface area contributed by atoms with Crippen LogP contribution in [-0.2, 0) is 76.3 Å². The van der Waals surface area contributed by atoms with Crippen LogP contribution in [0, 0.1) is 42.1 Å². The first-order valence-corrected chi connectivity index (χ1v) is 30.4. The van der Waals surface area contributed by atoms with Crippen LogP contribution in [0.3, 0.4) is 0 Å². The molecular weight excluding hydrogens is 1090 g/mol. The molecule has 0 amide bonds. The summed E-state index contributed by atoms with van der Waals surface area (Å²) in [4.78, 5) is 119. The van der Waals surface area contributed by atoms with Gasteiger partial charge in [0.2, 0.25) is 0 Å². The molecule has 19 nitrogen and oxygen atoms in total. The predicted octanol–water partition coefficient (Wildman–Crippen LogP) is 10.5. The van der Waals surface area contributed by atoms with Gasteiger partial charge in [0.15, 0.2) is 5.78 Å². The fourth-order valence-electron chi connectivity index (χ4n) is 10.5. The largest absolute Gasteiger partial charge is 0.471 e. The Hall–Kier alpha value is -5.98. The highest BCUT2D eigenvalue weighted by atomic mass is 32.2. The molecule has 1 aliphatic heterocycles. The maximum atomic E-state index is 13.8. The SMILES string of the molecule is [C-]#[N+]/C(C(=O)OCC)=C1\Sc2c(OC(=O)C3CCC(OC(=O)C4CCC(C(=O)OCCCCCCOC(=O)C=C)CC4)CC3)ccc(OC(=O)C3CCC(OC(=O)C4CCC(C(=O)OCCCCCOCC(=O)C=C)CC4)CC3)c2S1. The lowest BCUT2D eigenvalue weighted by Gasteiger charge is -2.30. The maximum absolute atomic E-state index is 13.8. The lowest BCUT2D eigenvalue weighted by atomic mass is 9.82. The van der Waals surface area contributed by atoms with Crippen molar-refractivity contribution in [2.24, 2.45) is 35.5 Å². The quantitative estimate of drug-likeness (QED) is 0.0181. The molecule has 81 heavy (non-hydrogen) atoms. The number of ether oxygens (including phenoxy) is 9. The second kappa shape index (κ2) is 33.8. The Kier molecular flexibility index (Phi) is 26.8. The number of carbonyl (C=O) groups excluding carboxylic acids is 9. The van der Waals surface area contributed by atoms with Gasteiger partial charge in [0.1, 0.15) is 30.3 Å². The third-order valence-corrected chi connectivity index (χ3v) is 17.9. The molecule has 6 rings (SSSR count). The van der Waals surface area contributed by atoms with E-state index in [2.05, 4.69) is 18.0 Å². The third kappa shape index (κ3) is 20.2. The van der Waals surface area contributed by atoms with Crippen LogP contribution in [0.1, 0.15) is 155 Å². The summed E-state index contributed by atoms with van der Waals surface area (Å²) in [6.45, 7) is 17.7. The van der Waals surface area contributed by atoms with Crippen LogP contribution in [0.4, 0.5) is 0 Å². The first-order chi connectivity index (χ1) is 39.2. The zero-order valence-electron chi connectivity index (χ0n) is 46.5. The third-order valence-electron chi connectivity index (χ3n) is 15.3. The van der Waals surface area contributed by atoms with E-state index in [0.29, 0.717) is 152 Å². The van der Waals surface area contributed by atoms with Crippen molar-refractivity contribution in [3.05, 3.63) is 58.8 Å². The Labute approximate surface area is 482 Å². The molecule has 4 aliphatic carbocycles. The molecule has 0 atom stereocenters. The number of esters is 8. The number of unbranched alkanes of at least 4 members (excludes halogenated alkanes) is 5. The molecule has 5 aliphatic rings. The molecule has 0 spiro atoms. The topological polar surface area (TPSA) is 241 Å². The van der Waals surface area contributed by atoms with Crippen molar-refractivity contribution < 1.29 is 85.8 Å². The molecule has 442 valence electrons.